The zero-order valence-corrected chi connectivity index (χ0v) is 14.1. The molecule has 1 N–H and O–H groups in total. The number of aromatic nitrogens is 2. The number of nitrogens with zero attached hydrogens (tertiary/aromatic N) is 4. The highest BCUT2D eigenvalue weighted by Gasteiger charge is 2.15. The molecule has 5 nitrogen and oxygen atoms in total. The first-order valence-electron chi connectivity index (χ1n) is 8.30. The minimum atomic E-state index is 0.643. The second kappa shape index (κ2) is 7.80. The number of nitrogens with one attached hydrogen (secondary N) is 1. The van der Waals surface area contributed by atoms with Crippen molar-refractivity contribution in [2.45, 2.75) is 33.7 Å². The predicted octanol–water partition coefficient (Wildman–Crippen LogP) is 1.44. The van der Waals surface area contributed by atoms with Crippen LogP contribution < -0.4 is 10.2 Å². The van der Waals surface area contributed by atoms with E-state index < -0.39 is 0 Å². The van der Waals surface area contributed by atoms with Crippen molar-refractivity contribution < 1.29 is 0 Å². The molecule has 0 saturated carbocycles. The van der Waals surface area contributed by atoms with Crippen molar-refractivity contribution >= 4 is 5.95 Å². The van der Waals surface area contributed by atoms with Crippen molar-refractivity contribution in [3.05, 3.63) is 11.9 Å². The lowest BCUT2D eigenvalue weighted by atomic mass is 10.2. The highest BCUT2D eigenvalue weighted by atomic mass is 15.3. The lowest BCUT2D eigenvalue weighted by Gasteiger charge is -2.29. The first-order chi connectivity index (χ1) is 10.1. The summed E-state index contributed by atoms with van der Waals surface area (Å²) in [6.07, 6.45) is 3.22. The van der Waals surface area contributed by atoms with E-state index in [-0.39, 0.29) is 0 Å². The molecule has 0 spiro atoms. The van der Waals surface area contributed by atoms with Gasteiger partial charge in [-0.3, -0.25) is 4.90 Å². The van der Waals surface area contributed by atoms with Crippen LogP contribution >= 0.6 is 0 Å². The summed E-state index contributed by atoms with van der Waals surface area (Å²) in [5.41, 5.74) is 1.19. The fraction of sp³-hybridized carbons (Fsp3) is 0.812. The van der Waals surface area contributed by atoms with Crippen LogP contribution in [0.1, 0.15) is 26.5 Å². The van der Waals surface area contributed by atoms with Crippen molar-refractivity contribution in [3.8, 4) is 0 Å². The summed E-state index contributed by atoms with van der Waals surface area (Å²) in [7, 11) is 2.17. The highest BCUT2D eigenvalue weighted by Crippen LogP contribution is 2.16. The summed E-state index contributed by atoms with van der Waals surface area (Å²) in [6.45, 7) is 14.5. The third kappa shape index (κ3) is 4.71. The molecule has 1 saturated heterocycles. The highest BCUT2D eigenvalue weighted by molar-refractivity contribution is 5.32. The summed E-state index contributed by atoms with van der Waals surface area (Å²) in [5, 5.41) is 3.40. The maximum atomic E-state index is 4.80. The van der Waals surface area contributed by atoms with E-state index >= 15 is 0 Å². The quantitative estimate of drug-likeness (QED) is 0.825. The van der Waals surface area contributed by atoms with Gasteiger partial charge in [-0.1, -0.05) is 20.8 Å². The number of piperazine rings is 1. The Hall–Kier alpha value is -1.07. The predicted molar refractivity (Wildman–Crippen MR) is 89.0 cm³/mol. The average Bonchev–Trinajstić information content (AvgIpc) is 2.88. The topological polar surface area (TPSA) is 36.3 Å². The van der Waals surface area contributed by atoms with Crippen LogP contribution in [0.4, 0.5) is 5.95 Å². The van der Waals surface area contributed by atoms with Crippen molar-refractivity contribution in [3.63, 3.8) is 0 Å². The second-order valence-electron chi connectivity index (χ2n) is 6.45. The van der Waals surface area contributed by atoms with Gasteiger partial charge in [0.1, 0.15) is 0 Å². The monoisotopic (exact) mass is 293 g/mol. The lowest BCUT2D eigenvalue weighted by Crippen LogP contribution is -2.46. The van der Waals surface area contributed by atoms with Gasteiger partial charge in [-0.25, -0.2) is 4.98 Å². The third-order valence-corrected chi connectivity index (χ3v) is 4.03. The summed E-state index contributed by atoms with van der Waals surface area (Å²) in [6, 6.07) is 0. The van der Waals surface area contributed by atoms with Crippen LogP contribution in [0.2, 0.25) is 0 Å². The molecule has 1 aliphatic heterocycles. The molecule has 5 heteroatoms. The summed E-state index contributed by atoms with van der Waals surface area (Å²) in [4.78, 5) is 9.64. The van der Waals surface area contributed by atoms with Crippen molar-refractivity contribution in [1.29, 1.82) is 0 Å². The number of imidazole rings is 1. The smallest absolute Gasteiger partial charge is 0.205 e. The number of hydrogen-bond acceptors (Lipinski definition) is 4. The fourth-order valence-electron chi connectivity index (χ4n) is 2.79. The van der Waals surface area contributed by atoms with Gasteiger partial charge in [0.2, 0.25) is 5.95 Å². The molecular weight excluding hydrogens is 262 g/mol. The van der Waals surface area contributed by atoms with Crippen LogP contribution in [0.3, 0.4) is 0 Å². The van der Waals surface area contributed by atoms with Gasteiger partial charge in [0.25, 0.3) is 0 Å². The molecule has 21 heavy (non-hydrogen) atoms. The zero-order valence-electron chi connectivity index (χ0n) is 14.1. The molecule has 0 unspecified atom stereocenters. The van der Waals surface area contributed by atoms with E-state index in [1.54, 1.807) is 0 Å². The Kier molecular flexibility index (Phi) is 6.06. The number of rotatable bonds is 7. The minimum Gasteiger partial charge on any atom is -0.344 e. The summed E-state index contributed by atoms with van der Waals surface area (Å²) in [5.74, 6) is 1.76. The molecule has 120 valence electrons. The second-order valence-corrected chi connectivity index (χ2v) is 6.45. The first-order valence-corrected chi connectivity index (χ1v) is 8.30. The fourth-order valence-corrected chi connectivity index (χ4v) is 2.79. The molecule has 0 radical (unpaired) electrons. The molecule has 1 fully saturated rings. The van der Waals surface area contributed by atoms with E-state index in [2.05, 4.69) is 53.7 Å². The largest absolute Gasteiger partial charge is 0.344 e. The van der Waals surface area contributed by atoms with Gasteiger partial charge in [0.15, 0.2) is 0 Å². The van der Waals surface area contributed by atoms with Crippen LogP contribution in [-0.2, 0) is 13.0 Å². The Bertz CT molecular complexity index is 420. The van der Waals surface area contributed by atoms with Crippen molar-refractivity contribution in [1.82, 2.24) is 19.8 Å². The van der Waals surface area contributed by atoms with Gasteiger partial charge in [-0.2, -0.15) is 0 Å². The van der Waals surface area contributed by atoms with Gasteiger partial charge in [-0.15, -0.1) is 0 Å². The molecule has 1 aliphatic rings. The first kappa shape index (κ1) is 16.3. The molecule has 2 rings (SSSR count). The number of likely N-dealkylation sites (N-methyl/N-ethyl adjacent to an activating group) is 1. The van der Waals surface area contributed by atoms with Gasteiger partial charge in [0.05, 0.1) is 5.69 Å². The SMILES string of the molecule is CCc1cn(CC(C)C)c(N(C)CCN2CCNCC2)n1. The van der Waals surface area contributed by atoms with Gasteiger partial charge in [-0.05, 0) is 12.3 Å². The van der Waals surface area contributed by atoms with E-state index in [9.17, 15) is 0 Å². The summed E-state index contributed by atoms with van der Waals surface area (Å²) >= 11 is 0. The third-order valence-electron chi connectivity index (χ3n) is 4.03. The molecule has 0 bridgehead atoms. The van der Waals surface area contributed by atoms with E-state index in [1.807, 2.05) is 0 Å². The summed E-state index contributed by atoms with van der Waals surface area (Å²) < 4.78 is 2.32. The Labute approximate surface area is 129 Å². The average molecular weight is 293 g/mol. The molecule has 0 aromatic carbocycles. The van der Waals surface area contributed by atoms with Crippen LogP contribution in [0.15, 0.2) is 6.20 Å². The van der Waals surface area contributed by atoms with Crippen LogP contribution in [0.5, 0.6) is 0 Å². The lowest BCUT2D eigenvalue weighted by molar-refractivity contribution is 0.246. The van der Waals surface area contributed by atoms with Crippen LogP contribution in [-0.4, -0.2) is 60.8 Å². The maximum Gasteiger partial charge on any atom is 0.205 e. The Morgan fingerprint density at radius 2 is 2.05 bits per heavy atom. The van der Waals surface area contributed by atoms with Crippen molar-refractivity contribution in [2.75, 3.05) is 51.2 Å². The standard InChI is InChI=1S/C16H31N5/c1-5-15-13-21(12-14(2)3)16(18-15)19(4)10-11-20-8-6-17-7-9-20/h13-14,17H,5-12H2,1-4H3. The van der Waals surface area contributed by atoms with Gasteiger partial charge < -0.3 is 14.8 Å². The molecule has 0 aliphatic carbocycles. The van der Waals surface area contributed by atoms with Gasteiger partial charge >= 0.3 is 0 Å². The zero-order chi connectivity index (χ0) is 15.2. The van der Waals surface area contributed by atoms with E-state index in [4.69, 9.17) is 4.98 Å². The number of aryl methyl sites for hydroxylation is 1. The van der Waals surface area contributed by atoms with Crippen LogP contribution in [0.25, 0.3) is 0 Å². The van der Waals surface area contributed by atoms with Gasteiger partial charge in [0, 0.05) is 59.1 Å². The molecule has 0 atom stereocenters. The minimum absolute atomic E-state index is 0.643. The molecule has 1 aromatic heterocycles. The number of hydrogen-bond donors (Lipinski definition) is 1. The van der Waals surface area contributed by atoms with Crippen LogP contribution in [0, 0.1) is 5.92 Å². The van der Waals surface area contributed by atoms with E-state index in [0.29, 0.717) is 5.92 Å². The van der Waals surface area contributed by atoms with Crippen molar-refractivity contribution in [2.24, 2.45) is 5.92 Å². The number of anilines is 1. The molecule has 2 heterocycles. The van der Waals surface area contributed by atoms with E-state index in [1.165, 1.54) is 5.69 Å². The molecule has 1 aromatic rings. The molecule has 0 amide bonds. The van der Waals surface area contributed by atoms with E-state index in [0.717, 1.165) is 58.2 Å². The maximum absolute atomic E-state index is 4.80. The Morgan fingerprint density at radius 1 is 1.33 bits per heavy atom. The Morgan fingerprint density at radius 3 is 2.67 bits per heavy atom. The Balaban J connectivity index is 1.96. The molecular formula is C16H31N5. The normalized spacial score (nSPS) is 16.6.